The van der Waals surface area contributed by atoms with E-state index in [1.54, 1.807) is 0 Å². The molecule has 2 atom stereocenters. The largest absolute Gasteiger partial charge is 0.496 e. The Morgan fingerprint density at radius 3 is 2.58 bits per heavy atom. The number of aliphatic hydroxyl groups is 1. The molecule has 1 aromatic rings. The lowest BCUT2D eigenvalue weighted by Crippen LogP contribution is -2.30. The number of likely N-dealkylation sites (tertiary alicyclic amines) is 1. The predicted molar refractivity (Wildman–Crippen MR) is 77.2 cm³/mol. The van der Waals surface area contributed by atoms with Gasteiger partial charge in [0, 0.05) is 25.4 Å². The van der Waals surface area contributed by atoms with E-state index in [9.17, 15) is 27.9 Å². The molecular weight excluding hydrogens is 329 g/mol. The van der Waals surface area contributed by atoms with E-state index in [2.05, 4.69) is 0 Å². The van der Waals surface area contributed by atoms with Crippen LogP contribution in [0, 0.1) is 5.92 Å². The Labute approximate surface area is 136 Å². The number of hydrogen-bond donors (Lipinski definition) is 2. The minimum atomic E-state index is -4.55. The number of alkyl halides is 3. The van der Waals surface area contributed by atoms with Crippen molar-refractivity contribution >= 4 is 11.8 Å². The van der Waals surface area contributed by atoms with Gasteiger partial charge in [0.25, 0.3) is 5.91 Å². The summed E-state index contributed by atoms with van der Waals surface area (Å²) in [6.07, 6.45) is -5.54. The molecule has 0 saturated carbocycles. The number of carbonyl (C=O) groups is 2. The number of rotatable bonds is 4. The normalized spacial score (nSPS) is 21.0. The number of amides is 2. The van der Waals surface area contributed by atoms with Gasteiger partial charge in [-0.1, -0.05) is 0 Å². The molecule has 2 amide bonds. The van der Waals surface area contributed by atoms with Crippen molar-refractivity contribution in [1.29, 1.82) is 0 Å². The topological polar surface area (TPSA) is 92.9 Å². The van der Waals surface area contributed by atoms with Gasteiger partial charge in [0.05, 0.1) is 24.3 Å². The molecule has 1 aliphatic heterocycles. The van der Waals surface area contributed by atoms with Crippen LogP contribution in [-0.2, 0) is 11.0 Å². The third-order valence-electron chi connectivity index (χ3n) is 3.92. The molecule has 0 spiro atoms. The zero-order valence-corrected chi connectivity index (χ0v) is 12.8. The second-order valence-electron chi connectivity index (χ2n) is 5.62. The smallest absolute Gasteiger partial charge is 0.416 e. The maximum absolute atomic E-state index is 12.7. The molecule has 9 heteroatoms. The van der Waals surface area contributed by atoms with E-state index in [0.29, 0.717) is 0 Å². The van der Waals surface area contributed by atoms with E-state index in [0.717, 1.165) is 18.2 Å². The van der Waals surface area contributed by atoms with Crippen molar-refractivity contribution in [1.82, 2.24) is 4.90 Å². The van der Waals surface area contributed by atoms with Crippen LogP contribution in [0.5, 0.6) is 5.75 Å². The summed E-state index contributed by atoms with van der Waals surface area (Å²) in [6.45, 7) is 0.0636. The highest BCUT2D eigenvalue weighted by molar-refractivity contribution is 5.97. The first-order chi connectivity index (χ1) is 11.1. The first-order valence-electron chi connectivity index (χ1n) is 7.14. The van der Waals surface area contributed by atoms with Crippen LogP contribution >= 0.6 is 0 Å². The highest BCUT2D eigenvalue weighted by atomic mass is 19.4. The number of hydrogen-bond acceptors (Lipinski definition) is 4. The number of primary amides is 1. The highest BCUT2D eigenvalue weighted by Gasteiger charge is 2.37. The summed E-state index contributed by atoms with van der Waals surface area (Å²) in [5.74, 6) is -1.87. The predicted octanol–water partition coefficient (Wildman–Crippen LogP) is 1.02. The molecule has 0 unspecified atom stereocenters. The number of β-amino-alcohol motifs (C(OH)–C–C–N with tert-alkyl or cyclic N) is 1. The van der Waals surface area contributed by atoms with E-state index < -0.39 is 35.6 Å². The van der Waals surface area contributed by atoms with E-state index in [-0.39, 0.29) is 30.8 Å². The maximum Gasteiger partial charge on any atom is 0.416 e. The summed E-state index contributed by atoms with van der Waals surface area (Å²) in [5.41, 5.74) is 4.12. The fraction of sp³-hybridized carbons (Fsp3) is 0.467. The Morgan fingerprint density at radius 1 is 1.38 bits per heavy atom. The second kappa shape index (κ2) is 6.68. The van der Waals surface area contributed by atoms with Crippen LogP contribution in [-0.4, -0.2) is 48.1 Å². The van der Waals surface area contributed by atoms with Gasteiger partial charge in [0.2, 0.25) is 5.91 Å². The lowest BCUT2D eigenvalue weighted by molar-refractivity contribution is -0.137. The molecule has 0 radical (unpaired) electrons. The lowest BCUT2D eigenvalue weighted by Gasteiger charge is -2.18. The average Bonchev–Trinajstić information content (AvgIpc) is 2.85. The Kier molecular flexibility index (Phi) is 5.02. The van der Waals surface area contributed by atoms with Crippen molar-refractivity contribution in [3.8, 4) is 5.75 Å². The monoisotopic (exact) mass is 346 g/mol. The molecule has 1 aliphatic rings. The van der Waals surface area contributed by atoms with Crippen molar-refractivity contribution in [3.63, 3.8) is 0 Å². The SMILES string of the molecule is COc1cc(C(F)(F)F)ccc1C(=O)N1C[C@@H](CC(N)=O)[C@H](O)C1. The second-order valence-corrected chi connectivity index (χ2v) is 5.62. The molecule has 1 fully saturated rings. The van der Waals surface area contributed by atoms with Crippen molar-refractivity contribution in [3.05, 3.63) is 29.3 Å². The van der Waals surface area contributed by atoms with E-state index >= 15 is 0 Å². The fourth-order valence-electron chi connectivity index (χ4n) is 2.69. The molecule has 1 aromatic carbocycles. The third kappa shape index (κ3) is 3.78. The molecule has 1 heterocycles. The van der Waals surface area contributed by atoms with Gasteiger partial charge < -0.3 is 20.5 Å². The Morgan fingerprint density at radius 2 is 2.04 bits per heavy atom. The first-order valence-corrected chi connectivity index (χ1v) is 7.14. The van der Waals surface area contributed by atoms with Crippen LogP contribution in [0.15, 0.2) is 18.2 Å². The number of halogens is 3. The fourth-order valence-corrected chi connectivity index (χ4v) is 2.69. The molecule has 0 aliphatic carbocycles. The van der Waals surface area contributed by atoms with Crippen LogP contribution in [0.3, 0.4) is 0 Å². The molecule has 132 valence electrons. The molecule has 0 bridgehead atoms. The van der Waals surface area contributed by atoms with Gasteiger partial charge in [-0.2, -0.15) is 13.2 Å². The Balaban J connectivity index is 2.22. The van der Waals surface area contributed by atoms with Crippen molar-refractivity contribution in [2.24, 2.45) is 11.7 Å². The molecule has 3 N–H and O–H groups in total. The van der Waals surface area contributed by atoms with Gasteiger partial charge in [0.1, 0.15) is 5.75 Å². The maximum atomic E-state index is 12.7. The molecule has 2 rings (SSSR count). The zero-order chi connectivity index (χ0) is 18.1. The third-order valence-corrected chi connectivity index (χ3v) is 3.92. The molecule has 0 aromatic heterocycles. The van der Waals surface area contributed by atoms with Crippen molar-refractivity contribution in [2.75, 3.05) is 20.2 Å². The number of nitrogens with two attached hydrogens (primary N) is 1. The number of methoxy groups -OCH3 is 1. The number of carbonyl (C=O) groups excluding carboxylic acids is 2. The summed E-state index contributed by atoms with van der Waals surface area (Å²) in [6, 6.07) is 2.58. The van der Waals surface area contributed by atoms with Gasteiger partial charge in [-0.05, 0) is 18.2 Å². The summed E-state index contributed by atoms with van der Waals surface area (Å²) >= 11 is 0. The van der Waals surface area contributed by atoms with E-state index in [1.807, 2.05) is 0 Å². The number of ether oxygens (including phenoxy) is 1. The number of aliphatic hydroxyl groups excluding tert-OH is 1. The number of nitrogens with zero attached hydrogens (tertiary/aromatic N) is 1. The summed E-state index contributed by atoms with van der Waals surface area (Å²) in [7, 11) is 1.17. The first kappa shape index (κ1) is 18.1. The van der Waals surface area contributed by atoms with Gasteiger partial charge in [-0.3, -0.25) is 9.59 Å². The minimum absolute atomic E-state index is 0.0268. The quantitative estimate of drug-likeness (QED) is 0.851. The summed E-state index contributed by atoms with van der Waals surface area (Å²) in [5, 5.41) is 9.90. The van der Waals surface area contributed by atoms with Crippen LogP contribution in [0.2, 0.25) is 0 Å². The van der Waals surface area contributed by atoms with Gasteiger partial charge in [-0.25, -0.2) is 0 Å². The average molecular weight is 346 g/mol. The summed E-state index contributed by atoms with van der Waals surface area (Å²) in [4.78, 5) is 24.7. The standard InChI is InChI=1S/C15H17F3N2O4/c1-24-12-5-9(15(16,17)18)2-3-10(12)14(23)20-6-8(4-13(19)22)11(21)7-20/h2-3,5,8,11,21H,4,6-7H2,1H3,(H2,19,22)/t8-,11-/m1/s1. The van der Waals surface area contributed by atoms with Crippen LogP contribution < -0.4 is 10.5 Å². The van der Waals surface area contributed by atoms with Gasteiger partial charge >= 0.3 is 6.18 Å². The van der Waals surface area contributed by atoms with Crippen molar-refractivity contribution < 1.29 is 32.6 Å². The molecular formula is C15H17F3N2O4. The Hall–Kier alpha value is -2.29. The van der Waals surface area contributed by atoms with Crippen LogP contribution in [0.25, 0.3) is 0 Å². The summed E-state index contributed by atoms with van der Waals surface area (Å²) < 4.78 is 43.1. The lowest BCUT2D eigenvalue weighted by atomic mass is 10.0. The molecule has 6 nitrogen and oxygen atoms in total. The Bertz CT molecular complexity index is 648. The highest BCUT2D eigenvalue weighted by Crippen LogP contribution is 2.34. The van der Waals surface area contributed by atoms with Gasteiger partial charge in [-0.15, -0.1) is 0 Å². The van der Waals surface area contributed by atoms with E-state index in [4.69, 9.17) is 10.5 Å². The molecule has 1 saturated heterocycles. The van der Waals surface area contributed by atoms with Crippen molar-refractivity contribution in [2.45, 2.75) is 18.7 Å². The van der Waals surface area contributed by atoms with Crippen LogP contribution in [0.4, 0.5) is 13.2 Å². The van der Waals surface area contributed by atoms with E-state index in [1.165, 1.54) is 12.0 Å². The number of benzene rings is 1. The van der Waals surface area contributed by atoms with Crippen LogP contribution in [0.1, 0.15) is 22.3 Å². The molecule has 24 heavy (non-hydrogen) atoms. The van der Waals surface area contributed by atoms with Gasteiger partial charge in [0.15, 0.2) is 0 Å². The minimum Gasteiger partial charge on any atom is -0.496 e. The zero-order valence-electron chi connectivity index (χ0n) is 12.8.